The number of nitrogens with one attached hydrogen (secondary N) is 1. The Bertz CT molecular complexity index is 783. The highest BCUT2D eigenvalue weighted by Gasteiger charge is 2.33. The van der Waals surface area contributed by atoms with Crippen molar-refractivity contribution in [2.75, 3.05) is 13.2 Å². The van der Waals surface area contributed by atoms with E-state index in [1.165, 1.54) is 0 Å². The average Bonchev–Trinajstić information content (AvgIpc) is 3.24. The average molecular weight is 354 g/mol. The molecule has 0 amide bonds. The fourth-order valence-electron chi connectivity index (χ4n) is 2.93. The van der Waals surface area contributed by atoms with Crippen LogP contribution in [0.25, 0.3) is 0 Å². The summed E-state index contributed by atoms with van der Waals surface area (Å²) in [5, 5.41) is 3.71. The molecule has 0 aromatic carbocycles. The summed E-state index contributed by atoms with van der Waals surface area (Å²) in [7, 11) is -3.48. The number of aryl methyl sites for hydroxylation is 2. The molecular weight excluding hydrogens is 332 g/mol. The molecule has 1 aliphatic rings. The van der Waals surface area contributed by atoms with E-state index in [1.807, 2.05) is 17.7 Å². The monoisotopic (exact) mass is 354 g/mol. The number of hydrogen-bond acceptors (Lipinski definition) is 6. The lowest BCUT2D eigenvalue weighted by Crippen LogP contribution is -2.32. The third kappa shape index (κ3) is 3.85. The zero-order chi connectivity index (χ0) is 17.2. The van der Waals surface area contributed by atoms with E-state index in [1.54, 1.807) is 19.2 Å². The van der Waals surface area contributed by atoms with Crippen LogP contribution in [0.1, 0.15) is 36.7 Å². The first-order valence-corrected chi connectivity index (χ1v) is 9.66. The third-order valence-electron chi connectivity index (χ3n) is 4.13. The molecule has 0 unspecified atom stereocenters. The van der Waals surface area contributed by atoms with E-state index in [0.29, 0.717) is 24.6 Å². The van der Waals surface area contributed by atoms with Crippen LogP contribution in [0, 0.1) is 12.8 Å². The Morgan fingerprint density at radius 1 is 1.46 bits per heavy atom. The number of rotatable bonds is 7. The first kappa shape index (κ1) is 17.1. The van der Waals surface area contributed by atoms with Crippen molar-refractivity contribution in [1.82, 2.24) is 19.4 Å². The van der Waals surface area contributed by atoms with Crippen LogP contribution in [0.15, 0.2) is 23.0 Å². The van der Waals surface area contributed by atoms with Crippen LogP contribution in [0.2, 0.25) is 0 Å². The lowest BCUT2D eigenvalue weighted by molar-refractivity contribution is 0.0816. The molecule has 0 aliphatic carbocycles. The summed E-state index contributed by atoms with van der Waals surface area (Å²) in [6.07, 6.45) is 4.26. The van der Waals surface area contributed by atoms with Gasteiger partial charge in [-0.15, -0.1) is 0 Å². The number of imidazole rings is 1. The molecule has 1 saturated heterocycles. The van der Waals surface area contributed by atoms with Gasteiger partial charge >= 0.3 is 0 Å². The summed E-state index contributed by atoms with van der Waals surface area (Å²) < 4.78 is 39.9. The van der Waals surface area contributed by atoms with Gasteiger partial charge in [0.2, 0.25) is 10.0 Å². The molecule has 1 aliphatic heterocycles. The Labute approximate surface area is 141 Å². The topological polar surface area (TPSA) is 99.2 Å². The predicted molar refractivity (Wildman–Crippen MR) is 86.6 cm³/mol. The van der Waals surface area contributed by atoms with Crippen LogP contribution in [-0.2, 0) is 27.1 Å². The van der Waals surface area contributed by atoms with Gasteiger partial charge in [-0.2, -0.15) is 0 Å². The maximum atomic E-state index is 12.2. The largest absolute Gasteiger partial charge is 0.370 e. The van der Waals surface area contributed by atoms with Gasteiger partial charge < -0.3 is 13.8 Å². The molecular formula is C15H22N4O4S. The molecule has 0 saturated carbocycles. The molecule has 8 nitrogen and oxygen atoms in total. The van der Waals surface area contributed by atoms with Gasteiger partial charge in [0.1, 0.15) is 17.7 Å². The smallest absolute Gasteiger partial charge is 0.219 e. The highest BCUT2D eigenvalue weighted by atomic mass is 32.2. The lowest BCUT2D eigenvalue weighted by Gasteiger charge is -2.19. The zero-order valence-corrected chi connectivity index (χ0v) is 14.6. The summed E-state index contributed by atoms with van der Waals surface area (Å²) in [5.41, 5.74) is 0.663. The first-order valence-electron chi connectivity index (χ1n) is 8.00. The minimum Gasteiger partial charge on any atom is -0.370 e. The maximum absolute atomic E-state index is 12.2. The van der Waals surface area contributed by atoms with E-state index in [-0.39, 0.29) is 17.8 Å². The van der Waals surface area contributed by atoms with Gasteiger partial charge in [-0.3, -0.25) is 0 Å². The normalized spacial score (nSPS) is 21.4. The van der Waals surface area contributed by atoms with Crippen LogP contribution < -0.4 is 4.72 Å². The van der Waals surface area contributed by atoms with E-state index in [0.717, 1.165) is 18.8 Å². The van der Waals surface area contributed by atoms with E-state index < -0.39 is 10.0 Å². The summed E-state index contributed by atoms with van der Waals surface area (Å²) in [6, 6.07) is 1.62. The van der Waals surface area contributed by atoms with Crippen molar-refractivity contribution in [3.05, 3.63) is 35.7 Å². The fourth-order valence-corrected chi connectivity index (χ4v) is 4.01. The van der Waals surface area contributed by atoms with Crippen molar-refractivity contribution in [3.8, 4) is 0 Å². The molecule has 0 spiro atoms. The standard InChI is InChI=1S/C15H22N4O4S/c1-3-19-6-5-16-15(19)14-12(4-7-22-14)9-17-24(20,21)10-13-8-11(2)18-23-13/h5-6,8,12,14,17H,3-4,7,9-10H2,1-2H3/t12-,14+/m0/s1. The zero-order valence-electron chi connectivity index (χ0n) is 13.8. The van der Waals surface area contributed by atoms with Crippen molar-refractivity contribution in [1.29, 1.82) is 0 Å². The Morgan fingerprint density at radius 2 is 2.29 bits per heavy atom. The van der Waals surface area contributed by atoms with Crippen LogP contribution in [0.5, 0.6) is 0 Å². The molecule has 132 valence electrons. The Kier molecular flexibility index (Phi) is 5.02. The number of ether oxygens (including phenoxy) is 1. The fraction of sp³-hybridized carbons (Fsp3) is 0.600. The Hall–Kier alpha value is -1.71. The van der Waals surface area contributed by atoms with Gasteiger partial charge in [0, 0.05) is 44.1 Å². The van der Waals surface area contributed by atoms with Crippen LogP contribution in [0.3, 0.4) is 0 Å². The van der Waals surface area contributed by atoms with Crippen molar-refractivity contribution >= 4 is 10.0 Å². The number of hydrogen-bond donors (Lipinski definition) is 1. The van der Waals surface area contributed by atoms with Gasteiger partial charge in [0.15, 0.2) is 5.76 Å². The van der Waals surface area contributed by atoms with Gasteiger partial charge in [0.05, 0.1) is 5.69 Å². The molecule has 1 fully saturated rings. The van der Waals surface area contributed by atoms with Crippen molar-refractivity contribution in [2.45, 2.75) is 38.7 Å². The molecule has 0 radical (unpaired) electrons. The highest BCUT2D eigenvalue weighted by molar-refractivity contribution is 7.88. The van der Waals surface area contributed by atoms with E-state index in [4.69, 9.17) is 9.26 Å². The molecule has 9 heteroatoms. The molecule has 0 bridgehead atoms. The summed E-state index contributed by atoms with van der Waals surface area (Å²) in [5.74, 6) is 1.03. The second-order valence-electron chi connectivity index (χ2n) is 5.95. The molecule has 2 atom stereocenters. The number of aromatic nitrogens is 3. The van der Waals surface area contributed by atoms with Gasteiger partial charge in [0.25, 0.3) is 0 Å². The lowest BCUT2D eigenvalue weighted by atomic mass is 10.0. The summed E-state index contributed by atoms with van der Waals surface area (Å²) in [4.78, 5) is 4.37. The van der Waals surface area contributed by atoms with Gasteiger partial charge in [-0.25, -0.2) is 18.1 Å². The molecule has 1 N–H and O–H groups in total. The van der Waals surface area contributed by atoms with E-state index >= 15 is 0 Å². The summed E-state index contributed by atoms with van der Waals surface area (Å²) in [6.45, 7) is 5.52. The highest BCUT2D eigenvalue weighted by Crippen LogP contribution is 2.33. The Morgan fingerprint density at radius 3 is 3.00 bits per heavy atom. The minimum absolute atomic E-state index is 0.0592. The van der Waals surface area contributed by atoms with Gasteiger partial charge in [-0.05, 0) is 20.3 Å². The minimum atomic E-state index is -3.48. The van der Waals surface area contributed by atoms with Crippen LogP contribution >= 0.6 is 0 Å². The molecule has 24 heavy (non-hydrogen) atoms. The third-order valence-corrected chi connectivity index (χ3v) is 5.40. The summed E-state index contributed by atoms with van der Waals surface area (Å²) >= 11 is 0. The van der Waals surface area contributed by atoms with Gasteiger partial charge in [-0.1, -0.05) is 5.16 Å². The molecule has 2 aromatic rings. The van der Waals surface area contributed by atoms with E-state index in [9.17, 15) is 8.42 Å². The predicted octanol–water partition coefficient (Wildman–Crippen LogP) is 1.40. The van der Waals surface area contributed by atoms with Crippen LogP contribution in [0.4, 0.5) is 0 Å². The van der Waals surface area contributed by atoms with E-state index in [2.05, 4.69) is 14.9 Å². The molecule has 3 heterocycles. The maximum Gasteiger partial charge on any atom is 0.219 e. The molecule has 3 rings (SSSR count). The SMILES string of the molecule is CCn1ccnc1[C@@H]1OCC[C@H]1CNS(=O)(=O)Cc1cc(C)no1. The number of nitrogens with zero attached hydrogens (tertiary/aromatic N) is 3. The second-order valence-corrected chi connectivity index (χ2v) is 7.76. The van der Waals surface area contributed by atoms with Crippen molar-refractivity contribution in [2.24, 2.45) is 5.92 Å². The van der Waals surface area contributed by atoms with Crippen molar-refractivity contribution < 1.29 is 17.7 Å². The van der Waals surface area contributed by atoms with Crippen LogP contribution in [-0.4, -0.2) is 36.3 Å². The quantitative estimate of drug-likeness (QED) is 0.807. The van der Waals surface area contributed by atoms with Crippen molar-refractivity contribution in [3.63, 3.8) is 0 Å². The molecule has 2 aromatic heterocycles. The first-order chi connectivity index (χ1) is 11.5. The second kappa shape index (κ2) is 7.04. The number of sulfonamides is 1. The Balaban J connectivity index is 1.62.